The maximum Gasteiger partial charge on any atom is 0.261 e. The summed E-state index contributed by atoms with van der Waals surface area (Å²) in [6.45, 7) is 10.7. The zero-order chi connectivity index (χ0) is 19.7. The van der Waals surface area contributed by atoms with Gasteiger partial charge in [0.2, 0.25) is 0 Å². The van der Waals surface area contributed by atoms with Crippen molar-refractivity contribution in [3.8, 4) is 0 Å². The van der Waals surface area contributed by atoms with Crippen molar-refractivity contribution in [3.05, 3.63) is 34.9 Å². The summed E-state index contributed by atoms with van der Waals surface area (Å²) in [5, 5.41) is 0.707. The Bertz CT molecular complexity index is 869. The predicted molar refractivity (Wildman–Crippen MR) is 115 cm³/mol. The van der Waals surface area contributed by atoms with Crippen molar-refractivity contribution in [3.63, 3.8) is 0 Å². The third-order valence-corrected chi connectivity index (χ3v) is 6.45. The van der Waals surface area contributed by atoms with E-state index in [1.807, 2.05) is 19.9 Å². The molecule has 2 aliphatic heterocycles. The van der Waals surface area contributed by atoms with Crippen LogP contribution in [0.4, 0.5) is 5.69 Å². The highest BCUT2D eigenvalue weighted by Crippen LogP contribution is 2.22. The van der Waals surface area contributed by atoms with Crippen LogP contribution in [0.2, 0.25) is 0 Å². The van der Waals surface area contributed by atoms with Gasteiger partial charge in [-0.3, -0.25) is 14.3 Å². The van der Waals surface area contributed by atoms with Gasteiger partial charge in [0.05, 0.1) is 17.2 Å². The molecule has 1 aromatic carbocycles. The van der Waals surface area contributed by atoms with Gasteiger partial charge in [0.25, 0.3) is 5.56 Å². The van der Waals surface area contributed by atoms with E-state index < -0.39 is 0 Å². The maximum atomic E-state index is 12.6. The van der Waals surface area contributed by atoms with Crippen LogP contribution < -0.4 is 10.5 Å². The van der Waals surface area contributed by atoms with Crippen molar-refractivity contribution in [1.82, 2.24) is 19.4 Å². The monoisotopic (exact) mass is 383 g/mol. The van der Waals surface area contributed by atoms with Crippen molar-refractivity contribution in [1.29, 1.82) is 0 Å². The molecule has 3 heterocycles. The largest absolute Gasteiger partial charge is 0.369 e. The molecule has 2 aliphatic rings. The number of likely N-dealkylation sites (N-methyl/N-ethyl adjacent to an activating group) is 1. The molecule has 2 aromatic rings. The highest BCUT2D eigenvalue weighted by molar-refractivity contribution is 5.81. The SMILES string of the molecule is CC(C)n1cnc2cc(N3CCN(CC4CCCCN4C)CC3)ccc2c1=O. The van der Waals surface area contributed by atoms with E-state index in [-0.39, 0.29) is 11.6 Å². The van der Waals surface area contributed by atoms with Crippen molar-refractivity contribution in [2.45, 2.75) is 45.2 Å². The number of likely N-dealkylation sites (tertiary alicyclic amines) is 1. The topological polar surface area (TPSA) is 44.6 Å². The lowest BCUT2D eigenvalue weighted by Gasteiger charge is -2.40. The molecule has 0 amide bonds. The molecule has 0 spiro atoms. The molecule has 152 valence electrons. The van der Waals surface area contributed by atoms with Gasteiger partial charge in [-0.2, -0.15) is 0 Å². The molecule has 0 radical (unpaired) electrons. The number of nitrogens with zero attached hydrogens (tertiary/aromatic N) is 5. The molecule has 6 nitrogen and oxygen atoms in total. The number of hydrogen-bond acceptors (Lipinski definition) is 5. The van der Waals surface area contributed by atoms with Crippen LogP contribution in [-0.2, 0) is 0 Å². The minimum atomic E-state index is 0.0490. The average Bonchev–Trinajstić information content (AvgIpc) is 2.70. The van der Waals surface area contributed by atoms with E-state index >= 15 is 0 Å². The maximum absolute atomic E-state index is 12.6. The number of fused-ring (bicyclic) bond motifs is 1. The Morgan fingerprint density at radius 3 is 2.61 bits per heavy atom. The standard InChI is InChI=1S/C22H33N5O/c1-17(2)27-16-23-21-14-18(7-8-20(21)22(27)28)26-12-10-25(11-13-26)15-19-6-4-5-9-24(19)3/h7-8,14,16-17,19H,4-6,9-13,15H2,1-3H3. The third kappa shape index (κ3) is 3.94. The Hall–Kier alpha value is -1.92. The summed E-state index contributed by atoms with van der Waals surface area (Å²) in [6.07, 6.45) is 5.73. The molecule has 0 aliphatic carbocycles. The number of piperazine rings is 1. The minimum absolute atomic E-state index is 0.0490. The Morgan fingerprint density at radius 2 is 1.89 bits per heavy atom. The van der Waals surface area contributed by atoms with Crippen molar-refractivity contribution < 1.29 is 0 Å². The fourth-order valence-electron chi connectivity index (χ4n) is 4.55. The first-order valence-corrected chi connectivity index (χ1v) is 10.7. The van der Waals surface area contributed by atoms with E-state index in [4.69, 9.17) is 0 Å². The van der Waals surface area contributed by atoms with Crippen LogP contribution in [-0.4, -0.2) is 71.7 Å². The zero-order valence-corrected chi connectivity index (χ0v) is 17.5. The highest BCUT2D eigenvalue weighted by Gasteiger charge is 2.24. The van der Waals surface area contributed by atoms with E-state index in [0.29, 0.717) is 11.4 Å². The molecule has 4 rings (SSSR count). The molecular formula is C22H33N5O. The molecule has 28 heavy (non-hydrogen) atoms. The van der Waals surface area contributed by atoms with Gasteiger partial charge in [-0.25, -0.2) is 4.98 Å². The Morgan fingerprint density at radius 1 is 1.11 bits per heavy atom. The smallest absolute Gasteiger partial charge is 0.261 e. The first-order valence-electron chi connectivity index (χ1n) is 10.7. The van der Waals surface area contributed by atoms with Gasteiger partial charge in [0.1, 0.15) is 0 Å². The zero-order valence-electron chi connectivity index (χ0n) is 17.5. The molecule has 0 N–H and O–H groups in total. The average molecular weight is 384 g/mol. The minimum Gasteiger partial charge on any atom is -0.369 e. The first kappa shape index (κ1) is 19.4. The van der Waals surface area contributed by atoms with Crippen LogP contribution in [0.3, 0.4) is 0 Å². The highest BCUT2D eigenvalue weighted by atomic mass is 16.1. The number of rotatable bonds is 4. The second kappa shape index (κ2) is 8.21. The van der Waals surface area contributed by atoms with Gasteiger partial charge in [-0.15, -0.1) is 0 Å². The molecule has 2 saturated heterocycles. The lowest BCUT2D eigenvalue weighted by Crippen LogP contribution is -2.51. The van der Waals surface area contributed by atoms with Gasteiger partial charge >= 0.3 is 0 Å². The molecule has 2 fully saturated rings. The van der Waals surface area contributed by atoms with E-state index in [2.05, 4.69) is 38.9 Å². The molecular weight excluding hydrogens is 350 g/mol. The van der Waals surface area contributed by atoms with Crippen molar-refractivity contribution >= 4 is 16.6 Å². The number of benzene rings is 1. The summed E-state index contributed by atoms with van der Waals surface area (Å²) in [7, 11) is 2.27. The van der Waals surface area contributed by atoms with E-state index in [1.54, 1.807) is 10.9 Å². The second-order valence-electron chi connectivity index (χ2n) is 8.67. The van der Waals surface area contributed by atoms with E-state index in [9.17, 15) is 4.79 Å². The van der Waals surface area contributed by atoms with Gasteiger partial charge in [0, 0.05) is 50.5 Å². The summed E-state index contributed by atoms with van der Waals surface area (Å²) in [4.78, 5) is 24.7. The molecule has 6 heteroatoms. The summed E-state index contributed by atoms with van der Waals surface area (Å²) in [6, 6.07) is 6.95. The Kier molecular flexibility index (Phi) is 5.69. The summed E-state index contributed by atoms with van der Waals surface area (Å²) >= 11 is 0. The Labute approximate surface area is 167 Å². The van der Waals surface area contributed by atoms with Crippen LogP contribution in [0.1, 0.15) is 39.2 Å². The lowest BCUT2D eigenvalue weighted by molar-refractivity contribution is 0.125. The molecule has 0 saturated carbocycles. The van der Waals surface area contributed by atoms with Crippen molar-refractivity contribution in [2.24, 2.45) is 0 Å². The molecule has 0 bridgehead atoms. The number of aromatic nitrogens is 2. The number of piperidine rings is 1. The fraction of sp³-hybridized carbons (Fsp3) is 0.636. The second-order valence-corrected chi connectivity index (χ2v) is 8.67. The van der Waals surface area contributed by atoms with Gasteiger partial charge in [0.15, 0.2) is 0 Å². The third-order valence-electron chi connectivity index (χ3n) is 6.45. The summed E-state index contributed by atoms with van der Waals surface area (Å²) in [5.74, 6) is 0. The number of hydrogen-bond donors (Lipinski definition) is 0. The van der Waals surface area contributed by atoms with E-state index in [1.165, 1.54) is 38.0 Å². The van der Waals surface area contributed by atoms with Crippen LogP contribution >= 0.6 is 0 Å². The van der Waals surface area contributed by atoms with E-state index in [0.717, 1.165) is 31.7 Å². The molecule has 1 aromatic heterocycles. The first-order chi connectivity index (χ1) is 13.5. The summed E-state index contributed by atoms with van der Waals surface area (Å²) in [5.41, 5.74) is 2.02. The normalized spacial score (nSPS) is 22.3. The fourth-order valence-corrected chi connectivity index (χ4v) is 4.55. The quantitative estimate of drug-likeness (QED) is 0.812. The van der Waals surface area contributed by atoms with Crippen LogP contribution in [0, 0.1) is 0 Å². The van der Waals surface area contributed by atoms with Gasteiger partial charge < -0.3 is 9.80 Å². The van der Waals surface area contributed by atoms with Gasteiger partial charge in [-0.05, 0) is 58.5 Å². The summed E-state index contributed by atoms with van der Waals surface area (Å²) < 4.78 is 1.70. The van der Waals surface area contributed by atoms with Gasteiger partial charge in [-0.1, -0.05) is 6.42 Å². The molecule has 1 atom stereocenters. The predicted octanol–water partition coefficient (Wildman–Crippen LogP) is 2.58. The van der Waals surface area contributed by atoms with Crippen molar-refractivity contribution in [2.75, 3.05) is 51.2 Å². The lowest BCUT2D eigenvalue weighted by atomic mass is 10.0. The van der Waals surface area contributed by atoms with Crippen LogP contribution in [0.5, 0.6) is 0 Å². The number of anilines is 1. The Balaban J connectivity index is 1.42. The van der Waals surface area contributed by atoms with Crippen LogP contribution in [0.15, 0.2) is 29.3 Å². The molecule has 1 unspecified atom stereocenters. The van der Waals surface area contributed by atoms with Crippen LogP contribution in [0.25, 0.3) is 10.9 Å².